The van der Waals surface area contributed by atoms with E-state index in [0.29, 0.717) is 6.42 Å². The van der Waals surface area contributed by atoms with Crippen molar-refractivity contribution < 1.29 is 14.3 Å². The van der Waals surface area contributed by atoms with Gasteiger partial charge in [-0.1, -0.05) is 12.8 Å². The van der Waals surface area contributed by atoms with E-state index in [9.17, 15) is 9.59 Å². The van der Waals surface area contributed by atoms with Gasteiger partial charge < -0.3 is 15.8 Å². The van der Waals surface area contributed by atoms with Gasteiger partial charge in [-0.15, -0.1) is 6.42 Å². The fourth-order valence-electron chi connectivity index (χ4n) is 1.46. The topological polar surface area (TPSA) is 81.4 Å². The average Bonchev–Trinajstić information content (AvgIpc) is 2.10. The Morgan fingerprint density at radius 3 is 2.56 bits per heavy atom. The van der Waals surface area contributed by atoms with Crippen LogP contribution < -0.4 is 11.1 Å². The van der Waals surface area contributed by atoms with Crippen LogP contribution in [0.4, 0.5) is 4.79 Å². The lowest BCUT2D eigenvalue weighted by molar-refractivity contribution is -0.126. The lowest BCUT2D eigenvalue weighted by Gasteiger charge is -2.26. The molecule has 0 aliphatic rings. The quantitative estimate of drug-likeness (QED) is 0.675. The number of nitrogens with one attached hydrogen (secondary N) is 1. The van der Waals surface area contributed by atoms with E-state index in [1.807, 2.05) is 0 Å². The van der Waals surface area contributed by atoms with Gasteiger partial charge in [-0.25, -0.2) is 4.79 Å². The number of carbonyl (C=O) groups excluding carboxylic acids is 2. The minimum Gasteiger partial charge on any atom is -0.444 e. The summed E-state index contributed by atoms with van der Waals surface area (Å²) in [6, 6.07) is 0. The molecule has 0 heterocycles. The molecule has 0 aliphatic carbocycles. The fraction of sp³-hybridized carbons (Fsp3) is 0.636. The van der Waals surface area contributed by atoms with Gasteiger partial charge >= 0.3 is 6.09 Å². The number of rotatable bonds is 5. The van der Waals surface area contributed by atoms with Gasteiger partial charge in [-0.05, 0) is 20.3 Å². The van der Waals surface area contributed by atoms with E-state index < -0.39 is 11.7 Å². The summed E-state index contributed by atoms with van der Waals surface area (Å²) in [5.41, 5.74) is 4.16. The molecule has 2 amide bonds. The third kappa shape index (κ3) is 5.91. The smallest absolute Gasteiger partial charge is 0.405 e. The molecule has 3 N–H and O–H groups in total. The zero-order valence-electron chi connectivity index (χ0n) is 9.87. The van der Waals surface area contributed by atoms with E-state index in [0.717, 1.165) is 0 Å². The average molecular weight is 226 g/mol. The lowest BCUT2D eigenvalue weighted by atomic mass is 9.94. The van der Waals surface area contributed by atoms with Crippen LogP contribution in [0.1, 0.15) is 27.2 Å². The highest BCUT2D eigenvalue weighted by atomic mass is 16.6. The van der Waals surface area contributed by atoms with Gasteiger partial charge in [-0.3, -0.25) is 4.79 Å². The van der Waals surface area contributed by atoms with Crippen molar-refractivity contribution in [3.63, 3.8) is 0 Å². The standard InChI is InChI=1S/C11H18N2O3/c1-5-6-13-9(14)8(2)7-11(3,4)16-10(12)15/h1,8H,6-7H2,2-4H3,(H2,12,15)(H,13,14). The Morgan fingerprint density at radius 1 is 1.56 bits per heavy atom. The Kier molecular flexibility index (Phi) is 5.37. The summed E-state index contributed by atoms with van der Waals surface area (Å²) in [5, 5.41) is 2.56. The van der Waals surface area contributed by atoms with Crippen LogP contribution >= 0.6 is 0 Å². The van der Waals surface area contributed by atoms with Crippen molar-refractivity contribution in [1.29, 1.82) is 0 Å². The molecule has 0 aromatic carbocycles. The van der Waals surface area contributed by atoms with Crippen LogP contribution in [0.2, 0.25) is 0 Å². The Balaban J connectivity index is 4.22. The van der Waals surface area contributed by atoms with Crippen molar-refractivity contribution in [2.24, 2.45) is 11.7 Å². The van der Waals surface area contributed by atoms with Crippen LogP contribution in [0, 0.1) is 18.3 Å². The largest absolute Gasteiger partial charge is 0.444 e. The normalized spacial score (nSPS) is 12.4. The van der Waals surface area contributed by atoms with Gasteiger partial charge in [0.25, 0.3) is 0 Å². The van der Waals surface area contributed by atoms with Gasteiger partial charge in [0.2, 0.25) is 5.91 Å². The molecule has 0 saturated heterocycles. The Morgan fingerprint density at radius 2 is 2.12 bits per heavy atom. The molecule has 0 rings (SSSR count). The van der Waals surface area contributed by atoms with Crippen LogP contribution in [0.15, 0.2) is 0 Å². The number of amides is 2. The molecule has 0 radical (unpaired) electrons. The first kappa shape index (κ1) is 14.3. The van der Waals surface area contributed by atoms with Gasteiger partial charge in [0.05, 0.1) is 6.54 Å². The van der Waals surface area contributed by atoms with Crippen molar-refractivity contribution in [1.82, 2.24) is 5.32 Å². The molecule has 5 heteroatoms. The molecule has 1 unspecified atom stereocenters. The minimum atomic E-state index is -0.846. The number of hydrogen-bond donors (Lipinski definition) is 2. The molecule has 0 aromatic rings. The Labute approximate surface area is 95.7 Å². The van der Waals surface area contributed by atoms with Gasteiger partial charge in [0, 0.05) is 5.92 Å². The highest BCUT2D eigenvalue weighted by Gasteiger charge is 2.27. The van der Waals surface area contributed by atoms with Crippen LogP contribution in [0.5, 0.6) is 0 Å². The summed E-state index contributed by atoms with van der Waals surface area (Å²) in [5.74, 6) is 1.84. The molecule has 90 valence electrons. The van der Waals surface area contributed by atoms with Gasteiger partial charge in [0.1, 0.15) is 5.60 Å². The van der Waals surface area contributed by atoms with Gasteiger partial charge in [0.15, 0.2) is 0 Å². The second kappa shape index (κ2) is 6.01. The van der Waals surface area contributed by atoms with Crippen molar-refractivity contribution in [2.75, 3.05) is 6.54 Å². The number of terminal acetylenes is 1. The van der Waals surface area contributed by atoms with Crippen LogP contribution in [-0.2, 0) is 9.53 Å². The second-order valence-electron chi connectivity index (χ2n) is 4.21. The zero-order valence-corrected chi connectivity index (χ0v) is 9.87. The van der Waals surface area contributed by atoms with Crippen molar-refractivity contribution >= 4 is 12.0 Å². The third-order valence-corrected chi connectivity index (χ3v) is 1.99. The maximum Gasteiger partial charge on any atom is 0.405 e. The van der Waals surface area contributed by atoms with Crippen molar-refractivity contribution in [2.45, 2.75) is 32.8 Å². The number of carbonyl (C=O) groups is 2. The van der Waals surface area contributed by atoms with E-state index in [1.54, 1.807) is 20.8 Å². The number of nitrogens with two attached hydrogens (primary N) is 1. The fourth-order valence-corrected chi connectivity index (χ4v) is 1.46. The van der Waals surface area contributed by atoms with E-state index >= 15 is 0 Å². The summed E-state index contributed by atoms with van der Waals surface area (Å²) < 4.78 is 4.88. The van der Waals surface area contributed by atoms with Crippen LogP contribution in [0.3, 0.4) is 0 Å². The SMILES string of the molecule is C#CCNC(=O)C(C)CC(C)(C)OC(N)=O. The number of ether oxygens (including phenoxy) is 1. The molecular formula is C11H18N2O3. The number of hydrogen-bond acceptors (Lipinski definition) is 3. The van der Waals surface area contributed by atoms with Crippen molar-refractivity contribution in [3.05, 3.63) is 0 Å². The lowest BCUT2D eigenvalue weighted by Crippen LogP contribution is -2.37. The highest BCUT2D eigenvalue weighted by molar-refractivity contribution is 5.78. The van der Waals surface area contributed by atoms with E-state index in [-0.39, 0.29) is 18.4 Å². The maximum atomic E-state index is 11.5. The summed E-state index contributed by atoms with van der Waals surface area (Å²) >= 11 is 0. The zero-order chi connectivity index (χ0) is 12.8. The first-order valence-electron chi connectivity index (χ1n) is 4.98. The molecule has 0 fully saturated rings. The summed E-state index contributed by atoms with van der Waals surface area (Å²) in [4.78, 5) is 22.1. The monoisotopic (exact) mass is 226 g/mol. The maximum absolute atomic E-state index is 11.5. The van der Waals surface area contributed by atoms with E-state index in [4.69, 9.17) is 16.9 Å². The van der Waals surface area contributed by atoms with Crippen LogP contribution in [0.25, 0.3) is 0 Å². The molecule has 0 aromatic heterocycles. The molecular weight excluding hydrogens is 208 g/mol. The highest BCUT2D eigenvalue weighted by Crippen LogP contribution is 2.20. The second-order valence-corrected chi connectivity index (χ2v) is 4.21. The first-order chi connectivity index (χ1) is 7.28. The molecule has 5 nitrogen and oxygen atoms in total. The summed E-state index contributed by atoms with van der Waals surface area (Å²) in [7, 11) is 0. The van der Waals surface area contributed by atoms with Gasteiger partial charge in [-0.2, -0.15) is 0 Å². The Bertz CT molecular complexity index is 305. The molecule has 0 bridgehead atoms. The minimum absolute atomic E-state index is 0.168. The third-order valence-electron chi connectivity index (χ3n) is 1.99. The predicted molar refractivity (Wildman–Crippen MR) is 60.4 cm³/mol. The summed E-state index contributed by atoms with van der Waals surface area (Å²) in [6.07, 6.45) is 4.55. The molecule has 0 spiro atoms. The van der Waals surface area contributed by atoms with Crippen molar-refractivity contribution in [3.8, 4) is 12.3 Å². The van der Waals surface area contributed by atoms with Crippen LogP contribution in [-0.4, -0.2) is 24.1 Å². The van der Waals surface area contributed by atoms with E-state index in [2.05, 4.69) is 11.2 Å². The molecule has 0 saturated carbocycles. The molecule has 1 atom stereocenters. The molecule has 0 aliphatic heterocycles. The predicted octanol–water partition coefficient (Wildman–Crippen LogP) is 0.636. The molecule has 16 heavy (non-hydrogen) atoms. The number of primary amides is 1. The summed E-state index contributed by atoms with van der Waals surface area (Å²) in [6.45, 7) is 5.32. The Hall–Kier alpha value is -1.70. The van der Waals surface area contributed by atoms with E-state index in [1.165, 1.54) is 0 Å². The first-order valence-corrected chi connectivity index (χ1v) is 4.98.